The number of morpholine rings is 1. The van der Waals surface area contributed by atoms with Crippen molar-refractivity contribution >= 4 is 10.0 Å². The number of methoxy groups -OCH3 is 1. The maximum atomic E-state index is 12.9. The summed E-state index contributed by atoms with van der Waals surface area (Å²) in [5, 5.41) is 0. The van der Waals surface area contributed by atoms with E-state index in [9.17, 15) is 8.42 Å². The van der Waals surface area contributed by atoms with Crippen LogP contribution in [0.25, 0.3) is 0 Å². The second kappa shape index (κ2) is 9.17. The van der Waals surface area contributed by atoms with Gasteiger partial charge in [0, 0.05) is 25.7 Å². The number of hydrogen-bond acceptors (Lipinski definition) is 5. The molecule has 0 bridgehead atoms. The Morgan fingerprint density at radius 2 is 1.85 bits per heavy atom. The van der Waals surface area contributed by atoms with Gasteiger partial charge in [0.05, 0.1) is 25.2 Å². The highest BCUT2D eigenvalue weighted by Crippen LogP contribution is 2.25. The third-order valence-corrected chi connectivity index (χ3v) is 6.36. The average Bonchev–Trinajstić information content (AvgIpc) is 2.60. The van der Waals surface area contributed by atoms with E-state index in [-0.39, 0.29) is 6.04 Å². The molecule has 1 aliphatic rings. The molecular formula is C19H32N2O4S. The van der Waals surface area contributed by atoms with Crippen molar-refractivity contribution in [1.82, 2.24) is 9.62 Å². The van der Waals surface area contributed by atoms with E-state index < -0.39 is 10.0 Å². The van der Waals surface area contributed by atoms with Crippen LogP contribution in [0.3, 0.4) is 0 Å². The van der Waals surface area contributed by atoms with Crippen LogP contribution in [0.2, 0.25) is 0 Å². The van der Waals surface area contributed by atoms with Crippen LogP contribution in [0.5, 0.6) is 5.75 Å². The van der Waals surface area contributed by atoms with E-state index in [4.69, 9.17) is 9.47 Å². The highest BCUT2D eigenvalue weighted by atomic mass is 32.2. The fourth-order valence-corrected chi connectivity index (χ4v) is 4.79. The summed E-state index contributed by atoms with van der Waals surface area (Å²) >= 11 is 0. The molecule has 2 rings (SSSR count). The van der Waals surface area contributed by atoms with Gasteiger partial charge in [-0.3, -0.25) is 4.90 Å². The molecule has 0 radical (unpaired) electrons. The molecule has 6 nitrogen and oxygen atoms in total. The van der Waals surface area contributed by atoms with Crippen molar-refractivity contribution < 1.29 is 17.9 Å². The molecular weight excluding hydrogens is 352 g/mol. The van der Waals surface area contributed by atoms with E-state index in [1.54, 1.807) is 26.2 Å². The van der Waals surface area contributed by atoms with Gasteiger partial charge in [0.25, 0.3) is 0 Å². The van der Waals surface area contributed by atoms with Crippen LogP contribution >= 0.6 is 0 Å². The summed E-state index contributed by atoms with van der Waals surface area (Å²) in [6, 6.07) is 3.63. The Bertz CT molecular complexity index is 698. The fourth-order valence-electron chi connectivity index (χ4n) is 3.40. The highest BCUT2D eigenvalue weighted by Gasteiger charge is 2.25. The van der Waals surface area contributed by atoms with Gasteiger partial charge in [-0.1, -0.05) is 13.8 Å². The van der Waals surface area contributed by atoms with Gasteiger partial charge in [-0.05, 0) is 49.4 Å². The number of benzene rings is 1. The summed E-state index contributed by atoms with van der Waals surface area (Å²) in [4.78, 5) is 2.65. The van der Waals surface area contributed by atoms with E-state index >= 15 is 0 Å². The molecule has 0 aromatic heterocycles. The lowest BCUT2D eigenvalue weighted by molar-refractivity contribution is 0.0134. The minimum Gasteiger partial charge on any atom is -0.496 e. The SMILES string of the molecule is COc1cc(C)c(S(=O)(=O)NCC(CC(C)C)N2CCOCC2)cc1C. The zero-order chi connectivity index (χ0) is 19.3. The summed E-state index contributed by atoms with van der Waals surface area (Å²) in [5.41, 5.74) is 1.50. The van der Waals surface area contributed by atoms with Crippen LogP contribution in [0.15, 0.2) is 17.0 Å². The van der Waals surface area contributed by atoms with Crippen molar-refractivity contribution in [3.05, 3.63) is 23.3 Å². The molecule has 1 fully saturated rings. The first-order chi connectivity index (χ1) is 12.2. The fraction of sp³-hybridized carbons (Fsp3) is 0.684. The Morgan fingerprint density at radius 1 is 1.19 bits per heavy atom. The Kier molecular flexibility index (Phi) is 7.46. The molecule has 0 amide bonds. The second-order valence-corrected chi connectivity index (χ2v) is 9.11. The number of nitrogens with one attached hydrogen (secondary N) is 1. The molecule has 7 heteroatoms. The Labute approximate surface area is 157 Å². The molecule has 1 heterocycles. The van der Waals surface area contributed by atoms with Gasteiger partial charge >= 0.3 is 0 Å². The van der Waals surface area contributed by atoms with E-state index in [0.29, 0.717) is 41.9 Å². The van der Waals surface area contributed by atoms with Crippen LogP contribution in [-0.2, 0) is 14.8 Å². The normalized spacial score (nSPS) is 17.5. The first kappa shape index (κ1) is 21.2. The van der Waals surface area contributed by atoms with Crippen molar-refractivity contribution in [3.8, 4) is 5.75 Å². The summed E-state index contributed by atoms with van der Waals surface area (Å²) in [6.07, 6.45) is 0.948. The van der Waals surface area contributed by atoms with Gasteiger partial charge in [-0.2, -0.15) is 0 Å². The number of ether oxygens (including phenoxy) is 2. The van der Waals surface area contributed by atoms with Crippen molar-refractivity contribution in [1.29, 1.82) is 0 Å². The number of rotatable bonds is 8. The molecule has 1 saturated heterocycles. The molecule has 1 aromatic rings. The molecule has 1 aliphatic heterocycles. The zero-order valence-electron chi connectivity index (χ0n) is 16.5. The zero-order valence-corrected chi connectivity index (χ0v) is 17.4. The molecule has 1 aromatic carbocycles. The predicted molar refractivity (Wildman–Crippen MR) is 103 cm³/mol. The number of nitrogens with zero attached hydrogens (tertiary/aromatic N) is 1. The standard InChI is InChI=1S/C19H32N2O4S/c1-14(2)10-17(21-6-8-25-9-7-21)13-20-26(22,23)19-12-15(3)18(24-5)11-16(19)4/h11-12,14,17,20H,6-10,13H2,1-5H3. The van der Waals surface area contributed by atoms with Crippen LogP contribution in [0.4, 0.5) is 0 Å². The largest absolute Gasteiger partial charge is 0.496 e. The van der Waals surface area contributed by atoms with E-state index in [1.807, 2.05) is 6.92 Å². The third-order valence-electron chi connectivity index (χ3n) is 4.80. The van der Waals surface area contributed by atoms with Crippen molar-refractivity contribution in [2.75, 3.05) is 40.0 Å². The monoisotopic (exact) mass is 384 g/mol. The first-order valence-corrected chi connectivity index (χ1v) is 10.7. The van der Waals surface area contributed by atoms with Crippen LogP contribution in [0.1, 0.15) is 31.4 Å². The second-order valence-electron chi connectivity index (χ2n) is 7.37. The Morgan fingerprint density at radius 3 is 2.42 bits per heavy atom. The molecule has 148 valence electrons. The number of hydrogen-bond donors (Lipinski definition) is 1. The minimum atomic E-state index is -3.57. The summed E-state index contributed by atoms with van der Waals surface area (Å²) in [5.74, 6) is 1.20. The molecule has 26 heavy (non-hydrogen) atoms. The lowest BCUT2D eigenvalue weighted by atomic mass is 10.0. The predicted octanol–water partition coefficient (Wildman–Crippen LogP) is 2.34. The van der Waals surface area contributed by atoms with Gasteiger partial charge < -0.3 is 9.47 Å². The first-order valence-electron chi connectivity index (χ1n) is 9.21. The quantitative estimate of drug-likeness (QED) is 0.745. The summed E-state index contributed by atoms with van der Waals surface area (Å²) in [6.45, 7) is 11.5. The lowest BCUT2D eigenvalue weighted by Crippen LogP contribution is -2.49. The van der Waals surface area contributed by atoms with E-state index in [1.165, 1.54) is 0 Å². The minimum absolute atomic E-state index is 0.174. The van der Waals surface area contributed by atoms with Gasteiger partial charge in [-0.15, -0.1) is 0 Å². The van der Waals surface area contributed by atoms with Crippen LogP contribution in [0, 0.1) is 19.8 Å². The molecule has 1 N–H and O–H groups in total. The van der Waals surface area contributed by atoms with Gasteiger partial charge in [0.15, 0.2) is 0 Å². The average molecular weight is 385 g/mol. The molecule has 1 atom stereocenters. The van der Waals surface area contributed by atoms with E-state index in [0.717, 1.165) is 25.1 Å². The van der Waals surface area contributed by atoms with Crippen molar-refractivity contribution in [3.63, 3.8) is 0 Å². The van der Waals surface area contributed by atoms with Gasteiger partial charge in [0.2, 0.25) is 10.0 Å². The molecule has 0 aliphatic carbocycles. The van der Waals surface area contributed by atoms with Crippen LogP contribution in [-0.4, -0.2) is 59.3 Å². The smallest absolute Gasteiger partial charge is 0.240 e. The maximum absolute atomic E-state index is 12.9. The third kappa shape index (κ3) is 5.42. The lowest BCUT2D eigenvalue weighted by Gasteiger charge is -2.35. The molecule has 0 saturated carbocycles. The van der Waals surface area contributed by atoms with Crippen molar-refractivity contribution in [2.24, 2.45) is 5.92 Å². The van der Waals surface area contributed by atoms with Crippen molar-refractivity contribution in [2.45, 2.75) is 45.1 Å². The summed E-state index contributed by atoms with van der Waals surface area (Å²) < 4.78 is 39.3. The maximum Gasteiger partial charge on any atom is 0.240 e. The number of sulfonamides is 1. The highest BCUT2D eigenvalue weighted by molar-refractivity contribution is 7.89. The van der Waals surface area contributed by atoms with E-state index in [2.05, 4.69) is 23.5 Å². The Hall–Kier alpha value is -1.15. The van der Waals surface area contributed by atoms with Crippen LogP contribution < -0.4 is 9.46 Å². The van der Waals surface area contributed by atoms with Gasteiger partial charge in [-0.25, -0.2) is 13.1 Å². The number of aryl methyl sites for hydroxylation is 2. The topological polar surface area (TPSA) is 67.9 Å². The Balaban J connectivity index is 2.15. The molecule has 1 unspecified atom stereocenters. The summed E-state index contributed by atoms with van der Waals surface area (Å²) in [7, 11) is -1.98. The van der Waals surface area contributed by atoms with Gasteiger partial charge in [0.1, 0.15) is 5.75 Å². The molecule has 0 spiro atoms.